The fraction of sp³-hybridized carbons (Fsp3) is 0.391. The van der Waals surface area contributed by atoms with Gasteiger partial charge in [-0.25, -0.2) is 4.79 Å². The Labute approximate surface area is 172 Å². The summed E-state index contributed by atoms with van der Waals surface area (Å²) < 4.78 is 0. The second-order valence-corrected chi connectivity index (χ2v) is 7.66. The minimum absolute atomic E-state index is 0.0545. The van der Waals surface area contributed by atoms with Gasteiger partial charge in [-0.1, -0.05) is 6.07 Å². The summed E-state index contributed by atoms with van der Waals surface area (Å²) in [4.78, 5) is 19.1. The van der Waals surface area contributed by atoms with Crippen LogP contribution in [-0.4, -0.2) is 50.2 Å². The van der Waals surface area contributed by atoms with Crippen LogP contribution in [0.5, 0.6) is 0 Å². The Kier molecular flexibility index (Phi) is 5.85. The maximum atomic E-state index is 12.6. The summed E-state index contributed by atoms with van der Waals surface area (Å²) in [5, 5.41) is 12.1. The topological polar surface area (TPSA) is 62.6 Å². The van der Waals surface area contributed by atoms with Gasteiger partial charge < -0.3 is 20.0 Å². The van der Waals surface area contributed by atoms with Crippen LogP contribution in [0.1, 0.15) is 24.8 Å². The molecule has 2 aromatic rings. The quantitative estimate of drug-likeness (QED) is 0.865. The van der Waals surface area contributed by atoms with Gasteiger partial charge in [0.05, 0.1) is 11.6 Å². The highest BCUT2D eigenvalue weighted by Crippen LogP contribution is 2.22. The van der Waals surface area contributed by atoms with Crippen molar-refractivity contribution in [2.45, 2.75) is 19.3 Å². The highest BCUT2D eigenvalue weighted by molar-refractivity contribution is 5.89. The lowest BCUT2D eigenvalue weighted by Gasteiger charge is -2.36. The third-order valence-corrected chi connectivity index (χ3v) is 5.75. The molecule has 2 heterocycles. The number of amides is 2. The van der Waals surface area contributed by atoms with Crippen LogP contribution in [0.4, 0.5) is 21.9 Å². The monoisotopic (exact) mass is 389 g/mol. The average Bonchev–Trinajstić information content (AvgIpc) is 2.80. The van der Waals surface area contributed by atoms with E-state index in [0.29, 0.717) is 18.7 Å². The molecule has 0 bridgehead atoms. The van der Waals surface area contributed by atoms with Crippen LogP contribution in [0.15, 0.2) is 48.5 Å². The van der Waals surface area contributed by atoms with Gasteiger partial charge in [0, 0.05) is 56.3 Å². The number of hydrogen-bond acceptors (Lipinski definition) is 4. The molecule has 0 atom stereocenters. The smallest absolute Gasteiger partial charge is 0.321 e. The summed E-state index contributed by atoms with van der Waals surface area (Å²) in [6, 6.07) is 17.9. The Balaban J connectivity index is 1.30. The van der Waals surface area contributed by atoms with Gasteiger partial charge in [0.15, 0.2) is 0 Å². The van der Waals surface area contributed by atoms with Crippen molar-refractivity contribution < 1.29 is 4.79 Å². The molecule has 4 rings (SSSR count). The molecule has 2 aromatic carbocycles. The van der Waals surface area contributed by atoms with E-state index in [9.17, 15) is 4.79 Å². The third kappa shape index (κ3) is 4.62. The molecule has 150 valence electrons. The number of rotatable bonds is 3. The van der Waals surface area contributed by atoms with Gasteiger partial charge in [0.25, 0.3) is 0 Å². The lowest BCUT2D eigenvalue weighted by atomic mass is 10.1. The van der Waals surface area contributed by atoms with Crippen LogP contribution in [0.25, 0.3) is 0 Å². The molecule has 2 aliphatic rings. The van der Waals surface area contributed by atoms with Gasteiger partial charge in [-0.3, -0.25) is 0 Å². The normalized spacial score (nSPS) is 17.0. The first kappa shape index (κ1) is 19.1. The maximum absolute atomic E-state index is 12.6. The fourth-order valence-electron chi connectivity index (χ4n) is 4.05. The van der Waals surface area contributed by atoms with Crippen molar-refractivity contribution in [2.24, 2.45) is 0 Å². The Bertz CT molecular complexity index is 875. The van der Waals surface area contributed by atoms with E-state index >= 15 is 0 Å². The Morgan fingerprint density at radius 2 is 1.52 bits per heavy atom. The van der Waals surface area contributed by atoms with E-state index in [2.05, 4.69) is 33.3 Å². The van der Waals surface area contributed by atoms with Gasteiger partial charge in [-0.15, -0.1) is 0 Å². The molecule has 2 fully saturated rings. The SMILES string of the molecule is N#Cc1cccc(N2CCN(C(=O)Nc3ccc(N4CCCCC4)cc3)CC2)c1. The number of carbonyl (C=O) groups is 1. The van der Waals surface area contributed by atoms with Crippen molar-refractivity contribution in [2.75, 3.05) is 54.4 Å². The second kappa shape index (κ2) is 8.87. The number of hydrogen-bond donors (Lipinski definition) is 1. The summed E-state index contributed by atoms with van der Waals surface area (Å²) in [7, 11) is 0. The number of nitrogens with one attached hydrogen (secondary N) is 1. The zero-order valence-electron chi connectivity index (χ0n) is 16.7. The molecular formula is C23H27N5O. The molecular weight excluding hydrogens is 362 g/mol. The van der Waals surface area contributed by atoms with Gasteiger partial charge in [-0.05, 0) is 61.7 Å². The van der Waals surface area contributed by atoms with Crippen LogP contribution in [-0.2, 0) is 0 Å². The van der Waals surface area contributed by atoms with Gasteiger partial charge >= 0.3 is 6.03 Å². The van der Waals surface area contributed by atoms with Crippen molar-refractivity contribution in [1.82, 2.24) is 4.90 Å². The van der Waals surface area contributed by atoms with Crippen LogP contribution < -0.4 is 15.1 Å². The molecule has 1 N–H and O–H groups in total. The zero-order valence-corrected chi connectivity index (χ0v) is 16.7. The molecule has 2 aliphatic heterocycles. The van der Waals surface area contributed by atoms with Crippen molar-refractivity contribution in [1.29, 1.82) is 5.26 Å². The van der Waals surface area contributed by atoms with E-state index in [0.717, 1.165) is 37.6 Å². The summed E-state index contributed by atoms with van der Waals surface area (Å²) in [5.74, 6) is 0. The van der Waals surface area contributed by atoms with E-state index in [1.165, 1.54) is 24.9 Å². The third-order valence-electron chi connectivity index (χ3n) is 5.75. The van der Waals surface area contributed by atoms with Crippen LogP contribution in [0.3, 0.4) is 0 Å². The average molecular weight is 390 g/mol. The number of nitrogens with zero attached hydrogens (tertiary/aromatic N) is 4. The minimum Gasteiger partial charge on any atom is -0.372 e. The standard InChI is InChI=1S/C23H27N5O/c24-18-19-5-4-6-22(17-19)27-13-15-28(16-14-27)23(29)25-20-7-9-21(10-8-20)26-11-2-1-3-12-26/h4-10,17H,1-3,11-16H2,(H,25,29). The first-order valence-electron chi connectivity index (χ1n) is 10.4. The highest BCUT2D eigenvalue weighted by Gasteiger charge is 2.21. The summed E-state index contributed by atoms with van der Waals surface area (Å²) in [6.45, 7) is 5.08. The molecule has 6 nitrogen and oxygen atoms in total. The Hall–Kier alpha value is -3.20. The lowest BCUT2D eigenvalue weighted by molar-refractivity contribution is 0.208. The summed E-state index contributed by atoms with van der Waals surface area (Å²) in [6.07, 6.45) is 3.83. The van der Waals surface area contributed by atoms with Gasteiger partial charge in [-0.2, -0.15) is 5.26 Å². The van der Waals surface area contributed by atoms with Crippen LogP contribution in [0.2, 0.25) is 0 Å². The summed E-state index contributed by atoms with van der Waals surface area (Å²) in [5.41, 5.74) is 3.77. The number of nitriles is 1. The zero-order chi connectivity index (χ0) is 20.1. The number of carbonyl (C=O) groups excluding carboxylic acids is 1. The summed E-state index contributed by atoms with van der Waals surface area (Å²) >= 11 is 0. The van der Waals surface area contributed by atoms with Crippen molar-refractivity contribution in [3.8, 4) is 6.07 Å². The van der Waals surface area contributed by atoms with Crippen molar-refractivity contribution in [3.63, 3.8) is 0 Å². The molecule has 6 heteroatoms. The molecule has 0 saturated carbocycles. The minimum atomic E-state index is -0.0545. The largest absolute Gasteiger partial charge is 0.372 e. The molecule has 29 heavy (non-hydrogen) atoms. The number of benzene rings is 2. The van der Waals surface area contributed by atoms with E-state index in [1.807, 2.05) is 41.3 Å². The number of piperazine rings is 1. The molecule has 0 radical (unpaired) electrons. The van der Waals surface area contributed by atoms with Crippen molar-refractivity contribution in [3.05, 3.63) is 54.1 Å². The molecule has 2 saturated heterocycles. The molecule has 0 aromatic heterocycles. The van der Waals surface area contributed by atoms with Gasteiger partial charge in [0.1, 0.15) is 0 Å². The molecule has 0 unspecified atom stereocenters. The lowest BCUT2D eigenvalue weighted by Crippen LogP contribution is -2.50. The molecule has 2 amide bonds. The van der Waals surface area contributed by atoms with E-state index in [-0.39, 0.29) is 6.03 Å². The first-order valence-corrected chi connectivity index (χ1v) is 10.4. The number of urea groups is 1. The van der Waals surface area contributed by atoms with E-state index in [1.54, 1.807) is 0 Å². The Morgan fingerprint density at radius 1 is 0.828 bits per heavy atom. The van der Waals surface area contributed by atoms with Crippen LogP contribution in [0, 0.1) is 11.3 Å². The Morgan fingerprint density at radius 3 is 2.21 bits per heavy atom. The number of piperidine rings is 1. The first-order chi connectivity index (χ1) is 14.2. The molecule has 0 aliphatic carbocycles. The maximum Gasteiger partial charge on any atom is 0.321 e. The fourth-order valence-corrected chi connectivity index (χ4v) is 4.05. The van der Waals surface area contributed by atoms with Gasteiger partial charge in [0.2, 0.25) is 0 Å². The van der Waals surface area contributed by atoms with Crippen LogP contribution >= 0.6 is 0 Å². The van der Waals surface area contributed by atoms with Crippen molar-refractivity contribution >= 4 is 23.1 Å². The molecule has 0 spiro atoms. The van der Waals surface area contributed by atoms with E-state index in [4.69, 9.17) is 5.26 Å². The number of anilines is 3. The predicted molar refractivity (Wildman–Crippen MR) is 116 cm³/mol. The predicted octanol–water partition coefficient (Wildman–Crippen LogP) is 3.90. The van der Waals surface area contributed by atoms with E-state index < -0.39 is 0 Å². The second-order valence-electron chi connectivity index (χ2n) is 7.66. The highest BCUT2D eigenvalue weighted by atomic mass is 16.2.